The zero-order valence-electron chi connectivity index (χ0n) is 19.0. The average molecular weight is 460 g/mol. The highest BCUT2D eigenvalue weighted by Crippen LogP contribution is 2.30. The summed E-state index contributed by atoms with van der Waals surface area (Å²) in [6, 6.07) is 10.2. The molecule has 32 heavy (non-hydrogen) atoms. The number of piperidine rings is 1. The van der Waals surface area contributed by atoms with E-state index >= 15 is 0 Å². The molecule has 1 saturated heterocycles. The molecule has 9 heteroatoms. The van der Waals surface area contributed by atoms with Crippen molar-refractivity contribution in [3.05, 3.63) is 47.5 Å². The van der Waals surface area contributed by atoms with Crippen molar-refractivity contribution < 1.29 is 13.2 Å². The number of hydrogen-bond donors (Lipinski definition) is 0. The lowest BCUT2D eigenvalue weighted by Crippen LogP contribution is -2.42. The van der Waals surface area contributed by atoms with Gasteiger partial charge in [-0.2, -0.15) is 0 Å². The molecule has 174 valence electrons. The first-order valence-electron chi connectivity index (χ1n) is 11.6. The number of hydrogen-bond acceptors (Lipinski definition) is 5. The second-order valence-electron chi connectivity index (χ2n) is 9.05. The Morgan fingerprint density at radius 2 is 1.78 bits per heavy atom. The number of benzene rings is 1. The molecule has 0 unspecified atom stereocenters. The van der Waals surface area contributed by atoms with Crippen LogP contribution in [0.3, 0.4) is 0 Å². The Bertz CT molecular complexity index is 1030. The number of aryl methyl sites for hydroxylation is 1. The molecule has 1 aromatic carbocycles. The Hall–Kier alpha value is -2.26. The smallest absolute Gasteiger partial charge is 0.223 e. The van der Waals surface area contributed by atoms with E-state index in [9.17, 15) is 13.2 Å². The quantitative estimate of drug-likeness (QED) is 0.635. The maximum atomic E-state index is 12.7. The van der Waals surface area contributed by atoms with Gasteiger partial charge in [0.1, 0.15) is 5.82 Å². The lowest BCUT2D eigenvalue weighted by molar-refractivity contribution is -0.132. The third kappa shape index (κ3) is 4.88. The maximum absolute atomic E-state index is 12.7. The maximum Gasteiger partial charge on any atom is 0.223 e. The Kier molecular flexibility index (Phi) is 6.95. The predicted molar refractivity (Wildman–Crippen MR) is 122 cm³/mol. The summed E-state index contributed by atoms with van der Waals surface area (Å²) in [7, 11) is -3.21. The van der Waals surface area contributed by atoms with Gasteiger partial charge < -0.3 is 9.47 Å². The van der Waals surface area contributed by atoms with Crippen LogP contribution in [0.5, 0.6) is 0 Å². The summed E-state index contributed by atoms with van der Waals surface area (Å²) < 4.78 is 28.6. The zero-order valence-corrected chi connectivity index (χ0v) is 19.8. The molecule has 2 aliphatic heterocycles. The van der Waals surface area contributed by atoms with Gasteiger partial charge in [-0.1, -0.05) is 30.3 Å². The van der Waals surface area contributed by atoms with Crippen LogP contribution in [0.2, 0.25) is 0 Å². The Morgan fingerprint density at radius 3 is 2.47 bits per heavy atom. The number of sulfonamides is 1. The van der Waals surface area contributed by atoms with Crippen molar-refractivity contribution >= 4 is 15.9 Å². The van der Waals surface area contributed by atoms with Crippen LogP contribution in [0, 0.1) is 0 Å². The summed E-state index contributed by atoms with van der Waals surface area (Å²) in [6.07, 6.45) is 3.80. The van der Waals surface area contributed by atoms with Gasteiger partial charge in [0.15, 0.2) is 5.82 Å². The highest BCUT2D eigenvalue weighted by Gasteiger charge is 2.34. The summed E-state index contributed by atoms with van der Waals surface area (Å²) in [4.78, 5) is 14.6. The zero-order chi connectivity index (χ0) is 22.7. The van der Waals surface area contributed by atoms with Crippen LogP contribution in [0.1, 0.15) is 62.7 Å². The van der Waals surface area contributed by atoms with Crippen LogP contribution in [0.15, 0.2) is 30.3 Å². The standard InChI is InChI=1S/C23H33N5O3S/c1-18(2)32(30,31)27-13-11-20(12-14-27)23-25-24-21-17-26(15-16-28(21)23)22(29)10-6-9-19-7-4-3-5-8-19/h3-5,7-8,18,20H,6,9-17H2,1-2H3. The molecule has 1 aromatic heterocycles. The van der Waals surface area contributed by atoms with E-state index in [1.165, 1.54) is 5.56 Å². The van der Waals surface area contributed by atoms with Gasteiger partial charge in [-0.05, 0) is 45.1 Å². The molecule has 8 nitrogen and oxygen atoms in total. The minimum Gasteiger partial charge on any atom is -0.333 e. The highest BCUT2D eigenvalue weighted by molar-refractivity contribution is 7.89. The third-order valence-corrected chi connectivity index (χ3v) is 8.88. The molecule has 0 radical (unpaired) electrons. The highest BCUT2D eigenvalue weighted by atomic mass is 32.2. The molecule has 0 aliphatic carbocycles. The van der Waals surface area contributed by atoms with Crippen LogP contribution in [-0.4, -0.2) is 63.2 Å². The van der Waals surface area contributed by atoms with Crippen LogP contribution in [0.4, 0.5) is 0 Å². The minimum absolute atomic E-state index is 0.170. The predicted octanol–water partition coefficient (Wildman–Crippen LogP) is 2.56. The molecule has 0 saturated carbocycles. The molecule has 0 bridgehead atoms. The van der Waals surface area contributed by atoms with E-state index in [2.05, 4.69) is 26.9 Å². The Morgan fingerprint density at radius 1 is 1.06 bits per heavy atom. The van der Waals surface area contributed by atoms with Gasteiger partial charge in [0.25, 0.3) is 0 Å². The van der Waals surface area contributed by atoms with Crippen molar-refractivity contribution in [2.24, 2.45) is 0 Å². The van der Waals surface area contributed by atoms with Gasteiger partial charge in [0.05, 0.1) is 11.8 Å². The first-order chi connectivity index (χ1) is 15.4. The van der Waals surface area contributed by atoms with E-state index in [1.807, 2.05) is 23.1 Å². The molecular formula is C23H33N5O3S. The Labute approximate surface area is 190 Å². The summed E-state index contributed by atoms with van der Waals surface area (Å²) in [6.45, 7) is 6.38. The van der Waals surface area contributed by atoms with Crippen LogP contribution < -0.4 is 0 Å². The van der Waals surface area contributed by atoms with Crippen LogP contribution in [-0.2, 0) is 34.3 Å². The van der Waals surface area contributed by atoms with Crippen molar-refractivity contribution in [3.63, 3.8) is 0 Å². The molecule has 1 fully saturated rings. The minimum atomic E-state index is -3.21. The monoisotopic (exact) mass is 459 g/mol. The lowest BCUT2D eigenvalue weighted by atomic mass is 9.97. The van der Waals surface area contributed by atoms with Gasteiger partial charge in [-0.3, -0.25) is 4.79 Å². The molecule has 4 rings (SSSR count). The van der Waals surface area contributed by atoms with Gasteiger partial charge in [0.2, 0.25) is 15.9 Å². The normalized spacial score (nSPS) is 18.2. The van der Waals surface area contributed by atoms with Crippen molar-refractivity contribution in [1.82, 2.24) is 24.0 Å². The number of amides is 1. The fourth-order valence-electron chi connectivity index (χ4n) is 4.61. The summed E-state index contributed by atoms with van der Waals surface area (Å²) >= 11 is 0. The van der Waals surface area contributed by atoms with Crippen molar-refractivity contribution in [2.75, 3.05) is 19.6 Å². The van der Waals surface area contributed by atoms with E-state index in [1.54, 1.807) is 18.2 Å². The number of nitrogens with zero attached hydrogens (tertiary/aromatic N) is 5. The van der Waals surface area contributed by atoms with Crippen molar-refractivity contribution in [2.45, 2.75) is 70.2 Å². The molecule has 1 amide bonds. The number of carbonyl (C=O) groups excluding carboxylic acids is 1. The largest absolute Gasteiger partial charge is 0.333 e. The van der Waals surface area contributed by atoms with Gasteiger partial charge in [-0.25, -0.2) is 12.7 Å². The first-order valence-corrected chi connectivity index (χ1v) is 13.1. The van der Waals surface area contributed by atoms with Gasteiger partial charge >= 0.3 is 0 Å². The molecule has 0 atom stereocenters. The number of rotatable bonds is 7. The molecule has 0 spiro atoms. The summed E-state index contributed by atoms with van der Waals surface area (Å²) in [5.41, 5.74) is 1.26. The molecule has 2 aliphatic rings. The Balaban J connectivity index is 1.31. The molecule has 3 heterocycles. The molecule has 2 aromatic rings. The fraction of sp³-hybridized carbons (Fsp3) is 0.609. The SMILES string of the molecule is CC(C)S(=O)(=O)N1CCC(c2nnc3n2CCN(C(=O)CCCc2ccccc2)C3)CC1. The van der Waals surface area contributed by atoms with E-state index in [4.69, 9.17) is 0 Å². The van der Waals surface area contributed by atoms with Gasteiger partial charge in [0, 0.05) is 38.5 Å². The number of carbonyl (C=O) groups is 1. The number of aromatic nitrogens is 3. The second-order valence-corrected chi connectivity index (χ2v) is 11.5. The van der Waals surface area contributed by atoms with Crippen LogP contribution in [0.25, 0.3) is 0 Å². The fourth-order valence-corrected chi connectivity index (χ4v) is 5.92. The first kappa shape index (κ1) is 22.9. The molecular weight excluding hydrogens is 426 g/mol. The van der Waals surface area contributed by atoms with E-state index in [0.717, 1.165) is 37.3 Å². The summed E-state index contributed by atoms with van der Waals surface area (Å²) in [5.74, 6) is 2.16. The molecule has 0 N–H and O–H groups in total. The van der Waals surface area contributed by atoms with E-state index in [-0.39, 0.29) is 11.8 Å². The number of fused-ring (bicyclic) bond motifs is 1. The van der Waals surface area contributed by atoms with Crippen LogP contribution >= 0.6 is 0 Å². The van der Waals surface area contributed by atoms with E-state index in [0.29, 0.717) is 39.1 Å². The average Bonchev–Trinajstić information content (AvgIpc) is 3.23. The van der Waals surface area contributed by atoms with E-state index < -0.39 is 15.3 Å². The van der Waals surface area contributed by atoms with Crippen molar-refractivity contribution in [1.29, 1.82) is 0 Å². The third-order valence-electron chi connectivity index (χ3n) is 6.61. The van der Waals surface area contributed by atoms with Gasteiger partial charge in [-0.15, -0.1) is 10.2 Å². The van der Waals surface area contributed by atoms with Crippen molar-refractivity contribution in [3.8, 4) is 0 Å². The second kappa shape index (κ2) is 9.70. The summed E-state index contributed by atoms with van der Waals surface area (Å²) in [5, 5.41) is 8.43. The lowest BCUT2D eigenvalue weighted by Gasteiger charge is -2.33. The topological polar surface area (TPSA) is 88.4 Å².